The summed E-state index contributed by atoms with van der Waals surface area (Å²) in [6, 6.07) is 3.31. The fourth-order valence-electron chi connectivity index (χ4n) is 3.24. The van der Waals surface area contributed by atoms with Crippen LogP contribution in [0.5, 0.6) is 0 Å². The largest absolute Gasteiger partial charge is 0.311 e. The summed E-state index contributed by atoms with van der Waals surface area (Å²) in [6.45, 7) is 6.39. The molecule has 0 fully saturated rings. The quantitative estimate of drug-likeness (QED) is 0.924. The van der Waals surface area contributed by atoms with E-state index in [0.717, 1.165) is 42.6 Å². The Hall–Kier alpha value is -1.40. The highest BCUT2D eigenvalue weighted by molar-refractivity contribution is 7.89. The molecule has 3 rings (SSSR count). The third-order valence-electron chi connectivity index (χ3n) is 4.67. The molecule has 6 heteroatoms. The lowest BCUT2D eigenvalue weighted by atomic mass is 9.97. The Morgan fingerprint density at radius 1 is 1.41 bits per heavy atom. The Labute approximate surface area is 131 Å². The molecule has 0 bridgehead atoms. The molecule has 22 heavy (non-hydrogen) atoms. The first kappa shape index (κ1) is 15.5. The molecule has 0 spiro atoms. The Balaban J connectivity index is 2.09. The molecule has 1 N–H and O–H groups in total. The molecule has 0 saturated carbocycles. The number of carbonyl (C=O) groups excluding carboxylic acids is 1. The standard InChI is InChI=1S/C16H22N2O3S/c1-4-10(2)17-22(20,21)13-8-12-6-5-7-18-15(12)14(9-13)11(3)16(18)19/h8-11,17H,4-7H2,1-3H3/t10-,11-/m1/s1. The molecule has 0 saturated heterocycles. The average Bonchev–Trinajstić information content (AvgIpc) is 2.74. The van der Waals surface area contributed by atoms with Crippen molar-refractivity contribution in [3.8, 4) is 0 Å². The SMILES string of the molecule is CC[C@@H](C)NS(=O)(=O)c1cc2c3c(c1)[C@@H](C)C(=O)N3CCC2. The molecule has 0 radical (unpaired) electrons. The molecule has 2 aliphatic heterocycles. The second-order valence-corrected chi connectivity index (χ2v) is 7.98. The van der Waals surface area contributed by atoms with Crippen molar-refractivity contribution in [1.82, 2.24) is 4.72 Å². The summed E-state index contributed by atoms with van der Waals surface area (Å²) in [7, 11) is -3.54. The van der Waals surface area contributed by atoms with Crippen LogP contribution >= 0.6 is 0 Å². The van der Waals surface area contributed by atoms with E-state index in [1.807, 2.05) is 25.7 Å². The Morgan fingerprint density at radius 2 is 2.14 bits per heavy atom. The molecule has 0 aliphatic carbocycles. The molecular weight excluding hydrogens is 300 g/mol. The van der Waals surface area contributed by atoms with Crippen LogP contribution in [-0.4, -0.2) is 26.9 Å². The van der Waals surface area contributed by atoms with E-state index in [-0.39, 0.29) is 22.8 Å². The third kappa shape index (κ3) is 2.34. The zero-order valence-electron chi connectivity index (χ0n) is 13.2. The van der Waals surface area contributed by atoms with E-state index in [1.54, 1.807) is 12.1 Å². The van der Waals surface area contributed by atoms with Crippen molar-refractivity contribution >= 4 is 21.6 Å². The van der Waals surface area contributed by atoms with Gasteiger partial charge in [-0.15, -0.1) is 0 Å². The van der Waals surface area contributed by atoms with Gasteiger partial charge in [-0.25, -0.2) is 13.1 Å². The smallest absolute Gasteiger partial charge is 0.240 e. The molecule has 2 heterocycles. The highest BCUT2D eigenvalue weighted by Crippen LogP contribution is 2.43. The van der Waals surface area contributed by atoms with Crippen molar-refractivity contribution in [2.75, 3.05) is 11.4 Å². The topological polar surface area (TPSA) is 66.5 Å². The first-order valence-corrected chi connectivity index (χ1v) is 9.34. The van der Waals surface area contributed by atoms with Gasteiger partial charge in [-0.05, 0) is 56.4 Å². The summed E-state index contributed by atoms with van der Waals surface area (Å²) in [6.07, 6.45) is 2.44. The van der Waals surface area contributed by atoms with Gasteiger partial charge in [0.2, 0.25) is 15.9 Å². The van der Waals surface area contributed by atoms with Crippen molar-refractivity contribution in [2.24, 2.45) is 0 Å². The van der Waals surface area contributed by atoms with Crippen LogP contribution in [-0.2, 0) is 21.2 Å². The number of anilines is 1. The van der Waals surface area contributed by atoms with E-state index in [2.05, 4.69) is 4.72 Å². The molecule has 2 aliphatic rings. The molecule has 1 aromatic rings. The fraction of sp³-hybridized carbons (Fsp3) is 0.562. The maximum absolute atomic E-state index is 12.5. The Morgan fingerprint density at radius 3 is 2.82 bits per heavy atom. The molecule has 1 amide bonds. The zero-order chi connectivity index (χ0) is 16.1. The van der Waals surface area contributed by atoms with Gasteiger partial charge in [0.05, 0.1) is 16.5 Å². The number of benzene rings is 1. The lowest BCUT2D eigenvalue weighted by Gasteiger charge is -2.26. The minimum atomic E-state index is -3.54. The highest BCUT2D eigenvalue weighted by atomic mass is 32.2. The van der Waals surface area contributed by atoms with Crippen LogP contribution in [0, 0.1) is 0 Å². The summed E-state index contributed by atoms with van der Waals surface area (Å²) >= 11 is 0. The van der Waals surface area contributed by atoms with E-state index in [4.69, 9.17) is 0 Å². The van der Waals surface area contributed by atoms with Gasteiger partial charge in [-0.1, -0.05) is 6.92 Å². The van der Waals surface area contributed by atoms with E-state index >= 15 is 0 Å². The number of hydrogen-bond donors (Lipinski definition) is 1. The van der Waals surface area contributed by atoms with Crippen LogP contribution in [0.25, 0.3) is 0 Å². The number of rotatable bonds is 4. The minimum absolute atomic E-state index is 0.0837. The van der Waals surface area contributed by atoms with Gasteiger partial charge in [0.25, 0.3) is 0 Å². The maximum atomic E-state index is 12.5. The number of nitrogens with zero attached hydrogens (tertiary/aromatic N) is 1. The lowest BCUT2D eigenvalue weighted by molar-refractivity contribution is -0.119. The van der Waals surface area contributed by atoms with Gasteiger partial charge < -0.3 is 4.90 Å². The number of hydrogen-bond acceptors (Lipinski definition) is 3. The van der Waals surface area contributed by atoms with E-state index < -0.39 is 10.0 Å². The van der Waals surface area contributed by atoms with Crippen LogP contribution in [0.1, 0.15) is 50.7 Å². The van der Waals surface area contributed by atoms with Gasteiger partial charge in [-0.2, -0.15) is 0 Å². The fourth-order valence-corrected chi connectivity index (χ4v) is 4.65. The zero-order valence-corrected chi connectivity index (χ0v) is 14.0. The average molecular weight is 322 g/mol. The van der Waals surface area contributed by atoms with Crippen molar-refractivity contribution < 1.29 is 13.2 Å². The van der Waals surface area contributed by atoms with Crippen molar-refractivity contribution in [1.29, 1.82) is 0 Å². The Bertz CT molecular complexity index is 727. The van der Waals surface area contributed by atoms with Crippen LogP contribution < -0.4 is 9.62 Å². The molecule has 2 atom stereocenters. The van der Waals surface area contributed by atoms with E-state index in [1.165, 1.54) is 0 Å². The Kier molecular flexibility index (Phi) is 3.77. The summed E-state index contributed by atoms with van der Waals surface area (Å²) in [4.78, 5) is 14.4. The molecule has 0 aromatic heterocycles. The van der Waals surface area contributed by atoms with Crippen LogP contribution in [0.4, 0.5) is 5.69 Å². The van der Waals surface area contributed by atoms with Gasteiger partial charge in [0, 0.05) is 12.6 Å². The van der Waals surface area contributed by atoms with Gasteiger partial charge in [-0.3, -0.25) is 4.79 Å². The predicted molar refractivity (Wildman–Crippen MR) is 85.6 cm³/mol. The summed E-state index contributed by atoms with van der Waals surface area (Å²) in [5.74, 6) is -0.175. The summed E-state index contributed by atoms with van der Waals surface area (Å²) < 4.78 is 27.8. The van der Waals surface area contributed by atoms with Crippen molar-refractivity contribution in [3.05, 3.63) is 23.3 Å². The third-order valence-corrected chi connectivity index (χ3v) is 6.24. The number of nitrogens with one attached hydrogen (secondary N) is 1. The van der Waals surface area contributed by atoms with E-state index in [9.17, 15) is 13.2 Å². The number of carbonyl (C=O) groups is 1. The monoisotopic (exact) mass is 322 g/mol. The van der Waals surface area contributed by atoms with Crippen LogP contribution in [0.3, 0.4) is 0 Å². The second kappa shape index (κ2) is 5.35. The molecule has 1 aromatic carbocycles. The number of sulfonamides is 1. The predicted octanol–water partition coefficient (Wildman–Crippen LogP) is 2.16. The lowest BCUT2D eigenvalue weighted by Crippen LogP contribution is -2.33. The molecule has 5 nitrogen and oxygen atoms in total. The van der Waals surface area contributed by atoms with Gasteiger partial charge in [0.15, 0.2) is 0 Å². The summed E-state index contributed by atoms with van der Waals surface area (Å²) in [5.41, 5.74) is 2.78. The maximum Gasteiger partial charge on any atom is 0.240 e. The minimum Gasteiger partial charge on any atom is -0.311 e. The molecular formula is C16H22N2O3S. The van der Waals surface area contributed by atoms with Crippen molar-refractivity contribution in [2.45, 2.75) is 56.9 Å². The number of aryl methyl sites for hydroxylation is 1. The van der Waals surface area contributed by atoms with Gasteiger partial charge >= 0.3 is 0 Å². The summed E-state index contributed by atoms with van der Waals surface area (Å²) in [5, 5.41) is 0. The number of amides is 1. The first-order chi connectivity index (χ1) is 10.3. The van der Waals surface area contributed by atoms with Crippen molar-refractivity contribution in [3.63, 3.8) is 0 Å². The normalized spacial score (nSPS) is 21.9. The highest BCUT2D eigenvalue weighted by Gasteiger charge is 2.38. The molecule has 120 valence electrons. The second-order valence-electron chi connectivity index (χ2n) is 6.27. The van der Waals surface area contributed by atoms with Crippen LogP contribution in [0.2, 0.25) is 0 Å². The van der Waals surface area contributed by atoms with Crippen LogP contribution in [0.15, 0.2) is 17.0 Å². The first-order valence-electron chi connectivity index (χ1n) is 7.85. The van der Waals surface area contributed by atoms with Gasteiger partial charge in [0.1, 0.15) is 0 Å². The molecule has 0 unspecified atom stereocenters. The van der Waals surface area contributed by atoms with E-state index in [0.29, 0.717) is 0 Å².